The van der Waals surface area contributed by atoms with Crippen molar-refractivity contribution in [3.63, 3.8) is 0 Å². The highest BCUT2D eigenvalue weighted by atomic mass is 16.6. The fourth-order valence-electron chi connectivity index (χ4n) is 3.78. The standard InChI is InChI=1S/C16H19NO4/c18-16(12-7-9-13(10-8-12)17(19)20)21-15-6-2-4-11-3-1-5-14(11)15/h7-11,14-15H,1-6H2/t11-,14-,15+/m0/s1. The zero-order valence-corrected chi connectivity index (χ0v) is 11.9. The second-order valence-corrected chi connectivity index (χ2v) is 6.03. The highest BCUT2D eigenvalue weighted by Gasteiger charge is 2.38. The molecule has 0 aromatic heterocycles. The Labute approximate surface area is 123 Å². The predicted molar refractivity (Wildman–Crippen MR) is 77.0 cm³/mol. The number of fused-ring (bicyclic) bond motifs is 1. The summed E-state index contributed by atoms with van der Waals surface area (Å²) in [7, 11) is 0. The van der Waals surface area contributed by atoms with Gasteiger partial charge in [-0.1, -0.05) is 12.8 Å². The lowest BCUT2D eigenvalue weighted by atomic mass is 9.79. The van der Waals surface area contributed by atoms with Crippen molar-refractivity contribution in [3.8, 4) is 0 Å². The number of ether oxygens (including phenoxy) is 1. The minimum absolute atomic E-state index is 0.0138. The SMILES string of the molecule is O=C(O[C@@H]1CCC[C@@H]2CCC[C@@H]21)c1ccc([N+](=O)[O-])cc1. The third-order valence-electron chi connectivity index (χ3n) is 4.83. The Morgan fingerprint density at radius 3 is 2.43 bits per heavy atom. The lowest BCUT2D eigenvalue weighted by molar-refractivity contribution is -0.384. The predicted octanol–water partition coefficient (Wildman–Crippen LogP) is 3.72. The summed E-state index contributed by atoms with van der Waals surface area (Å²) >= 11 is 0. The van der Waals surface area contributed by atoms with E-state index in [1.54, 1.807) is 0 Å². The molecule has 0 radical (unpaired) electrons. The van der Waals surface area contributed by atoms with Gasteiger partial charge in [-0.25, -0.2) is 4.79 Å². The van der Waals surface area contributed by atoms with Crippen molar-refractivity contribution in [2.45, 2.75) is 44.6 Å². The molecule has 0 saturated heterocycles. The molecule has 21 heavy (non-hydrogen) atoms. The third-order valence-corrected chi connectivity index (χ3v) is 4.83. The molecule has 2 fully saturated rings. The first kappa shape index (κ1) is 14.0. The number of benzene rings is 1. The molecule has 5 nitrogen and oxygen atoms in total. The molecule has 0 spiro atoms. The van der Waals surface area contributed by atoms with Gasteiger partial charge in [0.05, 0.1) is 10.5 Å². The molecule has 2 aliphatic carbocycles. The Balaban J connectivity index is 1.66. The molecule has 0 N–H and O–H groups in total. The van der Waals surface area contributed by atoms with E-state index in [9.17, 15) is 14.9 Å². The van der Waals surface area contributed by atoms with E-state index in [1.165, 1.54) is 43.5 Å². The van der Waals surface area contributed by atoms with Crippen LogP contribution in [-0.4, -0.2) is 17.0 Å². The molecule has 0 amide bonds. The summed E-state index contributed by atoms with van der Waals surface area (Å²) in [4.78, 5) is 22.3. The van der Waals surface area contributed by atoms with Crippen LogP contribution in [0, 0.1) is 22.0 Å². The maximum Gasteiger partial charge on any atom is 0.338 e. The van der Waals surface area contributed by atoms with Gasteiger partial charge < -0.3 is 4.74 Å². The second-order valence-electron chi connectivity index (χ2n) is 6.03. The van der Waals surface area contributed by atoms with Gasteiger partial charge >= 0.3 is 5.97 Å². The third kappa shape index (κ3) is 2.91. The highest BCUT2D eigenvalue weighted by molar-refractivity contribution is 5.89. The monoisotopic (exact) mass is 289 g/mol. The number of esters is 1. The number of rotatable bonds is 3. The molecule has 2 saturated carbocycles. The van der Waals surface area contributed by atoms with Crippen molar-refractivity contribution in [1.82, 2.24) is 0 Å². The maximum atomic E-state index is 12.2. The van der Waals surface area contributed by atoms with Crippen molar-refractivity contribution < 1.29 is 14.5 Å². The van der Waals surface area contributed by atoms with Gasteiger partial charge in [0, 0.05) is 12.1 Å². The lowest BCUT2D eigenvalue weighted by Gasteiger charge is -2.33. The molecule has 2 aliphatic rings. The zero-order valence-electron chi connectivity index (χ0n) is 11.9. The molecular weight excluding hydrogens is 270 g/mol. The summed E-state index contributed by atoms with van der Waals surface area (Å²) < 4.78 is 5.68. The summed E-state index contributed by atoms with van der Waals surface area (Å²) in [6.07, 6.45) is 7.00. The molecule has 0 heterocycles. The topological polar surface area (TPSA) is 69.4 Å². The Bertz CT molecular complexity index is 540. The summed E-state index contributed by atoms with van der Waals surface area (Å²) in [5.74, 6) is 0.872. The number of carbonyl (C=O) groups is 1. The van der Waals surface area contributed by atoms with Gasteiger partial charge in [-0.05, 0) is 49.7 Å². The fraction of sp³-hybridized carbons (Fsp3) is 0.562. The first-order valence-electron chi connectivity index (χ1n) is 7.60. The average molecular weight is 289 g/mol. The molecule has 0 aliphatic heterocycles. The summed E-state index contributed by atoms with van der Waals surface area (Å²) in [5, 5.41) is 10.6. The van der Waals surface area contributed by atoms with E-state index in [0.717, 1.165) is 19.3 Å². The number of hydrogen-bond acceptors (Lipinski definition) is 4. The van der Waals surface area contributed by atoms with Crippen LogP contribution in [-0.2, 0) is 4.74 Å². The van der Waals surface area contributed by atoms with Gasteiger partial charge in [-0.2, -0.15) is 0 Å². The maximum absolute atomic E-state index is 12.2. The first-order valence-corrected chi connectivity index (χ1v) is 7.60. The van der Waals surface area contributed by atoms with E-state index in [1.807, 2.05) is 0 Å². The first-order chi connectivity index (χ1) is 10.1. The summed E-state index contributed by atoms with van der Waals surface area (Å²) in [5.41, 5.74) is 0.376. The lowest BCUT2D eigenvalue weighted by Crippen LogP contribution is -2.33. The van der Waals surface area contributed by atoms with E-state index in [4.69, 9.17) is 4.74 Å². The van der Waals surface area contributed by atoms with Gasteiger partial charge in [0.15, 0.2) is 0 Å². The van der Waals surface area contributed by atoms with Crippen LogP contribution in [0.4, 0.5) is 5.69 Å². The number of nitro benzene ring substituents is 1. The van der Waals surface area contributed by atoms with Crippen molar-refractivity contribution >= 4 is 11.7 Å². The number of nitrogens with zero attached hydrogens (tertiary/aromatic N) is 1. The quantitative estimate of drug-likeness (QED) is 0.483. The van der Waals surface area contributed by atoms with Crippen LogP contribution in [0.15, 0.2) is 24.3 Å². The Morgan fingerprint density at radius 2 is 1.76 bits per heavy atom. The molecule has 3 atom stereocenters. The normalized spacial score (nSPS) is 27.9. The van der Waals surface area contributed by atoms with Gasteiger partial charge in [0.2, 0.25) is 0 Å². The van der Waals surface area contributed by atoms with E-state index in [2.05, 4.69) is 0 Å². The van der Waals surface area contributed by atoms with Crippen LogP contribution in [0.5, 0.6) is 0 Å². The Kier molecular flexibility index (Phi) is 3.90. The van der Waals surface area contributed by atoms with E-state index in [-0.39, 0.29) is 17.8 Å². The highest BCUT2D eigenvalue weighted by Crippen LogP contribution is 2.43. The number of non-ortho nitro benzene ring substituents is 1. The Morgan fingerprint density at radius 1 is 1.10 bits per heavy atom. The molecule has 3 rings (SSSR count). The Hall–Kier alpha value is -1.91. The van der Waals surface area contributed by atoms with Gasteiger partial charge in [0.1, 0.15) is 6.10 Å². The summed E-state index contributed by atoms with van der Waals surface area (Å²) in [6.45, 7) is 0. The van der Waals surface area contributed by atoms with Crippen molar-refractivity contribution in [3.05, 3.63) is 39.9 Å². The van der Waals surface area contributed by atoms with E-state index >= 15 is 0 Å². The molecule has 0 unspecified atom stereocenters. The summed E-state index contributed by atoms with van der Waals surface area (Å²) in [6, 6.07) is 5.62. The van der Waals surface area contributed by atoms with Gasteiger partial charge in [0.25, 0.3) is 5.69 Å². The zero-order chi connectivity index (χ0) is 14.8. The van der Waals surface area contributed by atoms with E-state index < -0.39 is 4.92 Å². The minimum atomic E-state index is -0.473. The second kappa shape index (κ2) is 5.84. The average Bonchev–Trinajstić information content (AvgIpc) is 2.97. The van der Waals surface area contributed by atoms with Crippen LogP contribution in [0.2, 0.25) is 0 Å². The number of carbonyl (C=O) groups excluding carboxylic acids is 1. The largest absolute Gasteiger partial charge is 0.458 e. The van der Waals surface area contributed by atoms with Crippen LogP contribution >= 0.6 is 0 Å². The van der Waals surface area contributed by atoms with Crippen molar-refractivity contribution in [2.24, 2.45) is 11.8 Å². The fourth-order valence-corrected chi connectivity index (χ4v) is 3.78. The van der Waals surface area contributed by atoms with Crippen LogP contribution in [0.25, 0.3) is 0 Å². The van der Waals surface area contributed by atoms with E-state index in [0.29, 0.717) is 17.4 Å². The van der Waals surface area contributed by atoms with Crippen LogP contribution < -0.4 is 0 Å². The van der Waals surface area contributed by atoms with Crippen LogP contribution in [0.3, 0.4) is 0 Å². The van der Waals surface area contributed by atoms with Crippen LogP contribution in [0.1, 0.15) is 48.9 Å². The van der Waals surface area contributed by atoms with Crippen molar-refractivity contribution in [2.75, 3.05) is 0 Å². The molecule has 112 valence electrons. The smallest absolute Gasteiger partial charge is 0.338 e. The van der Waals surface area contributed by atoms with Gasteiger partial charge in [-0.3, -0.25) is 10.1 Å². The minimum Gasteiger partial charge on any atom is -0.458 e. The van der Waals surface area contributed by atoms with Gasteiger partial charge in [-0.15, -0.1) is 0 Å². The number of hydrogen-bond donors (Lipinski definition) is 0. The molecule has 0 bridgehead atoms. The molecule has 1 aromatic carbocycles. The van der Waals surface area contributed by atoms with Crippen molar-refractivity contribution in [1.29, 1.82) is 0 Å². The number of nitro groups is 1. The molecule has 5 heteroatoms. The molecular formula is C16H19NO4. The molecule has 1 aromatic rings.